The quantitative estimate of drug-likeness (QED) is 0.531. The van der Waals surface area contributed by atoms with Crippen LogP contribution in [0.15, 0.2) is 48.8 Å². The van der Waals surface area contributed by atoms with E-state index in [-0.39, 0.29) is 22.5 Å². The second-order valence-corrected chi connectivity index (χ2v) is 6.10. The first-order chi connectivity index (χ1) is 13.9. The summed E-state index contributed by atoms with van der Waals surface area (Å²) in [5, 5.41) is 7.73. The number of carbonyl (C=O) groups is 3. The van der Waals surface area contributed by atoms with Gasteiger partial charge in [-0.2, -0.15) is 0 Å². The topological polar surface area (TPSA) is 116 Å². The molecule has 1 aromatic heterocycles. The van der Waals surface area contributed by atoms with Crippen LogP contribution >= 0.6 is 0 Å². The van der Waals surface area contributed by atoms with E-state index in [1.807, 2.05) is 0 Å². The number of imidazole rings is 1. The zero-order valence-corrected chi connectivity index (χ0v) is 15.7. The lowest BCUT2D eigenvalue weighted by Gasteiger charge is -2.09. The van der Waals surface area contributed by atoms with Crippen molar-refractivity contribution in [3.63, 3.8) is 0 Å². The van der Waals surface area contributed by atoms with E-state index < -0.39 is 23.5 Å². The van der Waals surface area contributed by atoms with Crippen molar-refractivity contribution in [2.24, 2.45) is 0 Å². The minimum atomic E-state index is -0.558. The van der Waals surface area contributed by atoms with Crippen molar-refractivity contribution in [2.45, 2.75) is 6.92 Å². The predicted octanol–water partition coefficient (Wildman–Crippen LogP) is 2.72. The van der Waals surface area contributed by atoms with E-state index in [2.05, 4.69) is 25.9 Å². The minimum absolute atomic E-state index is 0.0386. The number of carbonyl (C=O) groups excluding carboxylic acids is 3. The molecule has 0 saturated heterocycles. The van der Waals surface area contributed by atoms with Crippen LogP contribution in [0.25, 0.3) is 0 Å². The van der Waals surface area contributed by atoms with E-state index >= 15 is 0 Å². The number of nitrogens with one attached hydrogen (secondary N) is 4. The summed E-state index contributed by atoms with van der Waals surface area (Å²) in [6.45, 7) is 1.53. The fraction of sp³-hybridized carbons (Fsp3) is 0.100. The first-order valence-corrected chi connectivity index (χ1v) is 8.64. The van der Waals surface area contributed by atoms with Crippen LogP contribution in [0.4, 0.5) is 15.8 Å². The Kier molecular flexibility index (Phi) is 5.68. The second kappa shape index (κ2) is 8.34. The average molecular weight is 395 g/mol. The van der Waals surface area contributed by atoms with Gasteiger partial charge in [0, 0.05) is 24.0 Å². The van der Waals surface area contributed by atoms with Crippen LogP contribution in [0.1, 0.15) is 36.9 Å². The van der Waals surface area contributed by atoms with Crippen LogP contribution in [0.3, 0.4) is 0 Å². The number of halogens is 1. The van der Waals surface area contributed by atoms with Gasteiger partial charge in [0.15, 0.2) is 5.69 Å². The number of amides is 3. The first-order valence-electron chi connectivity index (χ1n) is 8.64. The summed E-state index contributed by atoms with van der Waals surface area (Å²) in [5.74, 6) is -1.91. The molecule has 0 spiro atoms. The Labute approximate surface area is 165 Å². The number of aromatic nitrogens is 2. The fourth-order valence-electron chi connectivity index (χ4n) is 2.64. The van der Waals surface area contributed by atoms with Gasteiger partial charge in [0.05, 0.1) is 6.33 Å². The van der Waals surface area contributed by atoms with Gasteiger partial charge < -0.3 is 20.9 Å². The largest absolute Gasteiger partial charge is 0.354 e. The Morgan fingerprint density at radius 1 is 0.931 bits per heavy atom. The van der Waals surface area contributed by atoms with Gasteiger partial charge in [-0.3, -0.25) is 14.4 Å². The van der Waals surface area contributed by atoms with E-state index in [0.717, 1.165) is 0 Å². The number of aromatic amines is 1. The summed E-state index contributed by atoms with van der Waals surface area (Å²) in [4.78, 5) is 42.9. The highest BCUT2D eigenvalue weighted by Crippen LogP contribution is 2.18. The van der Waals surface area contributed by atoms with E-state index in [1.54, 1.807) is 24.3 Å². The van der Waals surface area contributed by atoms with Crippen molar-refractivity contribution in [3.8, 4) is 0 Å². The highest BCUT2D eigenvalue weighted by atomic mass is 19.1. The molecule has 0 bridgehead atoms. The third-order valence-corrected chi connectivity index (χ3v) is 4.22. The van der Waals surface area contributed by atoms with Gasteiger partial charge >= 0.3 is 0 Å². The zero-order chi connectivity index (χ0) is 21.0. The van der Waals surface area contributed by atoms with Crippen LogP contribution in [0.5, 0.6) is 0 Å². The molecule has 3 aromatic rings. The minimum Gasteiger partial charge on any atom is -0.354 e. The van der Waals surface area contributed by atoms with Crippen molar-refractivity contribution in [2.75, 3.05) is 17.7 Å². The predicted molar refractivity (Wildman–Crippen MR) is 105 cm³/mol. The molecule has 148 valence electrons. The lowest BCUT2D eigenvalue weighted by Crippen LogP contribution is -2.23. The Bertz CT molecular complexity index is 1080. The molecule has 0 unspecified atom stereocenters. The molecule has 29 heavy (non-hydrogen) atoms. The lowest BCUT2D eigenvalue weighted by atomic mass is 10.1. The van der Waals surface area contributed by atoms with Gasteiger partial charge in [0.1, 0.15) is 11.5 Å². The number of hydrogen-bond acceptors (Lipinski definition) is 4. The van der Waals surface area contributed by atoms with E-state index in [0.29, 0.717) is 11.4 Å². The van der Waals surface area contributed by atoms with E-state index in [4.69, 9.17) is 0 Å². The number of nitrogens with zero attached hydrogens (tertiary/aromatic N) is 1. The molecule has 4 N–H and O–H groups in total. The van der Waals surface area contributed by atoms with Crippen molar-refractivity contribution >= 4 is 29.1 Å². The molecule has 0 radical (unpaired) electrons. The van der Waals surface area contributed by atoms with E-state index in [1.165, 1.54) is 38.5 Å². The Hall–Kier alpha value is -4.01. The molecule has 3 rings (SSSR count). The third kappa shape index (κ3) is 4.29. The summed E-state index contributed by atoms with van der Waals surface area (Å²) < 4.78 is 13.6. The summed E-state index contributed by atoms with van der Waals surface area (Å²) in [6.07, 6.45) is 1.26. The van der Waals surface area contributed by atoms with Crippen LogP contribution < -0.4 is 16.0 Å². The number of rotatable bonds is 5. The molecule has 0 aliphatic heterocycles. The van der Waals surface area contributed by atoms with Gasteiger partial charge in [-0.25, -0.2) is 9.37 Å². The van der Waals surface area contributed by atoms with Crippen LogP contribution in [0.2, 0.25) is 0 Å². The van der Waals surface area contributed by atoms with Gasteiger partial charge in [-0.15, -0.1) is 0 Å². The molecule has 9 heteroatoms. The highest BCUT2D eigenvalue weighted by Gasteiger charge is 2.19. The summed E-state index contributed by atoms with van der Waals surface area (Å²) >= 11 is 0. The molecule has 0 aliphatic rings. The summed E-state index contributed by atoms with van der Waals surface area (Å²) in [7, 11) is 1.45. The molecular weight excluding hydrogens is 377 g/mol. The van der Waals surface area contributed by atoms with Crippen LogP contribution in [0, 0.1) is 12.7 Å². The van der Waals surface area contributed by atoms with Gasteiger partial charge in [0.25, 0.3) is 17.7 Å². The molecule has 1 heterocycles. The Morgan fingerprint density at radius 3 is 2.17 bits per heavy atom. The average Bonchev–Trinajstić information content (AvgIpc) is 3.21. The van der Waals surface area contributed by atoms with Crippen molar-refractivity contribution in [3.05, 3.63) is 77.1 Å². The number of H-pyrrole nitrogens is 1. The van der Waals surface area contributed by atoms with E-state index in [9.17, 15) is 18.8 Å². The molecule has 0 saturated carbocycles. The first kappa shape index (κ1) is 19.7. The molecule has 2 aromatic carbocycles. The van der Waals surface area contributed by atoms with Crippen LogP contribution in [-0.4, -0.2) is 34.7 Å². The molecule has 0 fully saturated rings. The number of hydrogen-bond donors (Lipinski definition) is 4. The standard InChI is InChI=1S/C20H18FN5O3/c1-11-14(4-3-5-15(11)21)18(27)25-12-6-8-13(9-7-12)26-20(29)17-16(19(28)22-2)23-10-24-17/h3-10H,1-2H3,(H,22,28)(H,23,24)(H,25,27)(H,26,29). The molecule has 8 nitrogen and oxygen atoms in total. The SMILES string of the molecule is CNC(=O)c1[nH]cnc1C(=O)Nc1ccc(NC(=O)c2cccc(F)c2C)cc1. The zero-order valence-electron chi connectivity index (χ0n) is 15.7. The maximum Gasteiger partial charge on any atom is 0.276 e. The maximum atomic E-state index is 13.6. The van der Waals surface area contributed by atoms with Gasteiger partial charge in [0.2, 0.25) is 0 Å². The normalized spacial score (nSPS) is 10.3. The van der Waals surface area contributed by atoms with Gasteiger partial charge in [-0.05, 0) is 48.9 Å². The molecule has 3 amide bonds. The van der Waals surface area contributed by atoms with Crippen molar-refractivity contribution in [1.82, 2.24) is 15.3 Å². The van der Waals surface area contributed by atoms with Crippen molar-refractivity contribution in [1.29, 1.82) is 0 Å². The monoisotopic (exact) mass is 395 g/mol. The second-order valence-electron chi connectivity index (χ2n) is 6.10. The highest BCUT2D eigenvalue weighted by molar-refractivity contribution is 6.10. The molecular formula is C20H18FN5O3. The Morgan fingerprint density at radius 2 is 1.55 bits per heavy atom. The molecule has 0 aliphatic carbocycles. The summed E-state index contributed by atoms with van der Waals surface area (Å²) in [5.41, 5.74) is 1.44. The van der Waals surface area contributed by atoms with Gasteiger partial charge in [-0.1, -0.05) is 6.07 Å². The molecule has 0 atom stereocenters. The third-order valence-electron chi connectivity index (χ3n) is 4.22. The lowest BCUT2D eigenvalue weighted by molar-refractivity contribution is 0.0943. The van der Waals surface area contributed by atoms with Crippen LogP contribution in [-0.2, 0) is 0 Å². The Balaban J connectivity index is 1.68. The smallest absolute Gasteiger partial charge is 0.276 e. The number of anilines is 2. The maximum absolute atomic E-state index is 13.6. The fourth-order valence-corrected chi connectivity index (χ4v) is 2.64. The van der Waals surface area contributed by atoms with Crippen molar-refractivity contribution < 1.29 is 18.8 Å². The number of benzene rings is 2. The summed E-state index contributed by atoms with van der Waals surface area (Å²) in [6, 6.07) is 10.6.